The van der Waals surface area contributed by atoms with Crippen LogP contribution in [0.4, 0.5) is 0 Å². The highest BCUT2D eigenvalue weighted by atomic mass is 32.1. The lowest BCUT2D eigenvalue weighted by atomic mass is 10.1. The van der Waals surface area contributed by atoms with Crippen molar-refractivity contribution < 1.29 is 9.53 Å². The van der Waals surface area contributed by atoms with Crippen LogP contribution in [0.1, 0.15) is 10.4 Å². The number of hydrogen-bond acceptors (Lipinski definition) is 3. The van der Waals surface area contributed by atoms with Crippen LogP contribution in [0.3, 0.4) is 0 Å². The van der Waals surface area contributed by atoms with E-state index < -0.39 is 0 Å². The number of amides is 1. The van der Waals surface area contributed by atoms with Gasteiger partial charge in [0, 0.05) is 23.3 Å². The number of carbonyl (C=O) groups is 1. The molecule has 1 fully saturated rings. The molecule has 0 unspecified atom stereocenters. The number of hydrogen-bond donors (Lipinski definition) is 0. The number of rotatable bonds is 2. The molecule has 0 radical (unpaired) electrons. The summed E-state index contributed by atoms with van der Waals surface area (Å²) in [6.45, 7) is 2.66. The monoisotopic (exact) mass is 273 g/mol. The lowest BCUT2D eigenvalue weighted by Gasteiger charge is -2.26. The highest BCUT2D eigenvalue weighted by molar-refractivity contribution is 7.13. The van der Waals surface area contributed by atoms with Crippen LogP contribution in [0.2, 0.25) is 0 Å². The van der Waals surface area contributed by atoms with Crippen LogP contribution in [0.15, 0.2) is 41.8 Å². The molecule has 1 saturated heterocycles. The Morgan fingerprint density at radius 2 is 1.89 bits per heavy atom. The van der Waals surface area contributed by atoms with Crippen molar-refractivity contribution in [3.8, 4) is 10.4 Å². The SMILES string of the molecule is O=C(c1csc(-c2ccccc2)c1)N1CCOCC1. The molecule has 2 heterocycles. The van der Waals surface area contributed by atoms with E-state index in [-0.39, 0.29) is 5.91 Å². The summed E-state index contributed by atoms with van der Waals surface area (Å²) >= 11 is 1.62. The first kappa shape index (κ1) is 12.4. The fourth-order valence-corrected chi connectivity index (χ4v) is 3.04. The highest BCUT2D eigenvalue weighted by Gasteiger charge is 2.19. The smallest absolute Gasteiger partial charge is 0.254 e. The number of carbonyl (C=O) groups excluding carboxylic acids is 1. The van der Waals surface area contributed by atoms with Crippen molar-refractivity contribution in [3.63, 3.8) is 0 Å². The first-order valence-corrected chi connectivity index (χ1v) is 7.23. The molecule has 2 aromatic rings. The van der Waals surface area contributed by atoms with Crippen molar-refractivity contribution in [2.24, 2.45) is 0 Å². The van der Waals surface area contributed by atoms with Crippen LogP contribution < -0.4 is 0 Å². The largest absolute Gasteiger partial charge is 0.378 e. The fraction of sp³-hybridized carbons (Fsp3) is 0.267. The van der Waals surface area contributed by atoms with E-state index >= 15 is 0 Å². The topological polar surface area (TPSA) is 29.5 Å². The Morgan fingerprint density at radius 3 is 2.63 bits per heavy atom. The van der Waals surface area contributed by atoms with Gasteiger partial charge in [-0.1, -0.05) is 30.3 Å². The molecule has 1 aromatic heterocycles. The van der Waals surface area contributed by atoms with Crippen molar-refractivity contribution in [2.45, 2.75) is 0 Å². The van der Waals surface area contributed by atoms with Crippen molar-refractivity contribution in [2.75, 3.05) is 26.3 Å². The molecule has 4 heteroatoms. The maximum Gasteiger partial charge on any atom is 0.254 e. The van der Waals surface area contributed by atoms with E-state index in [1.165, 1.54) is 0 Å². The first-order chi connectivity index (χ1) is 9.34. The van der Waals surface area contributed by atoms with Gasteiger partial charge in [0.1, 0.15) is 0 Å². The van der Waals surface area contributed by atoms with Gasteiger partial charge in [-0.05, 0) is 11.6 Å². The van der Waals surface area contributed by atoms with E-state index in [9.17, 15) is 4.79 Å². The average Bonchev–Trinajstić information content (AvgIpc) is 2.98. The van der Waals surface area contributed by atoms with Gasteiger partial charge < -0.3 is 9.64 Å². The highest BCUT2D eigenvalue weighted by Crippen LogP contribution is 2.27. The van der Waals surface area contributed by atoms with Crippen LogP contribution in [0.25, 0.3) is 10.4 Å². The summed E-state index contributed by atoms with van der Waals surface area (Å²) in [6.07, 6.45) is 0. The second-order valence-electron chi connectivity index (χ2n) is 4.47. The maximum atomic E-state index is 12.3. The van der Waals surface area contributed by atoms with Crippen molar-refractivity contribution >= 4 is 17.2 Å². The normalized spacial score (nSPS) is 15.5. The van der Waals surface area contributed by atoms with Crippen LogP contribution >= 0.6 is 11.3 Å². The van der Waals surface area contributed by atoms with Crippen LogP contribution in [-0.2, 0) is 4.74 Å². The van der Waals surface area contributed by atoms with Gasteiger partial charge in [-0.25, -0.2) is 0 Å². The molecule has 0 atom stereocenters. The van der Waals surface area contributed by atoms with E-state index in [1.54, 1.807) is 11.3 Å². The van der Waals surface area contributed by atoms with Crippen LogP contribution in [0.5, 0.6) is 0 Å². The molecule has 19 heavy (non-hydrogen) atoms. The minimum Gasteiger partial charge on any atom is -0.378 e. The third-order valence-corrected chi connectivity index (χ3v) is 4.18. The van der Waals surface area contributed by atoms with Gasteiger partial charge >= 0.3 is 0 Å². The molecule has 0 bridgehead atoms. The van der Waals surface area contributed by atoms with E-state index in [2.05, 4.69) is 12.1 Å². The molecule has 0 spiro atoms. The Hall–Kier alpha value is -1.65. The third kappa shape index (κ3) is 2.69. The van der Waals surface area contributed by atoms with Crippen molar-refractivity contribution in [1.29, 1.82) is 0 Å². The lowest BCUT2D eigenvalue weighted by Crippen LogP contribution is -2.40. The predicted octanol–water partition coefficient (Wildman–Crippen LogP) is 2.89. The van der Waals surface area contributed by atoms with Crippen LogP contribution in [-0.4, -0.2) is 37.1 Å². The summed E-state index contributed by atoms with van der Waals surface area (Å²) in [5.41, 5.74) is 1.94. The molecule has 98 valence electrons. The standard InChI is InChI=1S/C15H15NO2S/c17-15(16-6-8-18-9-7-16)13-10-14(19-11-13)12-4-2-1-3-5-12/h1-5,10-11H,6-9H2. The number of ether oxygens (including phenoxy) is 1. The average molecular weight is 273 g/mol. The molecule has 3 nitrogen and oxygen atoms in total. The zero-order chi connectivity index (χ0) is 13.1. The van der Waals surface area contributed by atoms with E-state index in [4.69, 9.17) is 4.74 Å². The zero-order valence-corrected chi connectivity index (χ0v) is 11.4. The second-order valence-corrected chi connectivity index (χ2v) is 5.38. The van der Waals surface area contributed by atoms with E-state index in [0.29, 0.717) is 26.3 Å². The molecule has 1 aliphatic rings. The zero-order valence-electron chi connectivity index (χ0n) is 10.5. The Balaban J connectivity index is 1.79. The Labute approximate surface area is 116 Å². The number of benzene rings is 1. The molecule has 1 aromatic carbocycles. The predicted molar refractivity (Wildman–Crippen MR) is 76.5 cm³/mol. The first-order valence-electron chi connectivity index (χ1n) is 6.35. The summed E-state index contributed by atoms with van der Waals surface area (Å²) in [4.78, 5) is 15.3. The molecular weight excluding hydrogens is 258 g/mol. The van der Waals surface area contributed by atoms with Crippen molar-refractivity contribution in [1.82, 2.24) is 4.90 Å². The minimum atomic E-state index is 0.113. The van der Waals surface area contributed by atoms with Gasteiger partial charge in [0.25, 0.3) is 5.91 Å². The van der Waals surface area contributed by atoms with Crippen molar-refractivity contribution in [3.05, 3.63) is 47.3 Å². The molecule has 3 rings (SSSR count). The number of morpholine rings is 1. The van der Waals surface area contributed by atoms with E-state index in [1.807, 2.05) is 34.5 Å². The van der Waals surface area contributed by atoms with Gasteiger partial charge in [0.15, 0.2) is 0 Å². The summed E-state index contributed by atoms with van der Waals surface area (Å²) in [5, 5.41) is 1.94. The molecular formula is C15H15NO2S. The molecule has 1 aliphatic heterocycles. The van der Waals surface area contributed by atoms with E-state index in [0.717, 1.165) is 16.0 Å². The fourth-order valence-electron chi connectivity index (χ4n) is 2.15. The Kier molecular flexibility index (Phi) is 3.62. The molecule has 0 N–H and O–H groups in total. The van der Waals surface area contributed by atoms with Gasteiger partial charge in [0.2, 0.25) is 0 Å². The Bertz CT molecular complexity index is 559. The van der Waals surface area contributed by atoms with Gasteiger partial charge in [0.05, 0.1) is 18.8 Å². The van der Waals surface area contributed by atoms with Gasteiger partial charge in [-0.3, -0.25) is 4.79 Å². The van der Waals surface area contributed by atoms with Crippen LogP contribution in [0, 0.1) is 0 Å². The lowest BCUT2D eigenvalue weighted by molar-refractivity contribution is 0.0303. The quantitative estimate of drug-likeness (QED) is 0.842. The molecule has 0 saturated carbocycles. The third-order valence-electron chi connectivity index (χ3n) is 3.20. The maximum absolute atomic E-state index is 12.3. The summed E-state index contributed by atoms with van der Waals surface area (Å²) in [5.74, 6) is 0.113. The minimum absolute atomic E-state index is 0.113. The van der Waals surface area contributed by atoms with Gasteiger partial charge in [-0.2, -0.15) is 0 Å². The Morgan fingerprint density at radius 1 is 1.16 bits per heavy atom. The summed E-state index contributed by atoms with van der Waals surface area (Å²) in [7, 11) is 0. The van der Waals surface area contributed by atoms with Gasteiger partial charge in [-0.15, -0.1) is 11.3 Å². The summed E-state index contributed by atoms with van der Waals surface area (Å²) in [6, 6.07) is 12.1. The number of thiophene rings is 1. The molecule has 0 aliphatic carbocycles. The summed E-state index contributed by atoms with van der Waals surface area (Å²) < 4.78 is 5.27. The number of nitrogens with zero attached hydrogens (tertiary/aromatic N) is 1. The molecule has 1 amide bonds. The second kappa shape index (κ2) is 5.55.